The molecule has 0 saturated carbocycles. The largest absolute Gasteiger partial charge is 0.455 e. The molecule has 3 amide bonds. The number of hydrogen-bond acceptors (Lipinski definition) is 7. The number of carbonyl (C=O) groups is 3. The van der Waals surface area contributed by atoms with Crippen molar-refractivity contribution in [3.8, 4) is 0 Å². The molecule has 1 aliphatic rings. The van der Waals surface area contributed by atoms with Crippen molar-refractivity contribution in [2.24, 2.45) is 7.05 Å². The van der Waals surface area contributed by atoms with Crippen LogP contribution in [0.4, 0.5) is 4.79 Å². The quantitative estimate of drug-likeness (QED) is 0.364. The van der Waals surface area contributed by atoms with E-state index >= 15 is 0 Å². The molecule has 0 spiro atoms. The zero-order chi connectivity index (χ0) is 21.5. The van der Waals surface area contributed by atoms with Crippen LogP contribution in [-0.2, 0) is 13.6 Å². The molecule has 0 aliphatic carbocycles. The number of hydrazine groups is 1. The third-order valence-corrected chi connectivity index (χ3v) is 4.94. The van der Waals surface area contributed by atoms with Crippen molar-refractivity contribution >= 4 is 28.9 Å². The number of rotatable bonds is 4. The molecular weight excluding hydrogens is 402 g/mol. The highest BCUT2D eigenvalue weighted by molar-refractivity contribution is 6.21. The molecule has 0 unspecified atom stereocenters. The van der Waals surface area contributed by atoms with Gasteiger partial charge in [-0.05, 0) is 29.5 Å². The number of aromatic nitrogens is 5. The first-order valence-corrected chi connectivity index (χ1v) is 9.28. The number of aryl methyl sites for hydroxylation is 1. The van der Waals surface area contributed by atoms with E-state index in [1.807, 2.05) is 0 Å². The average molecular weight is 417 g/mol. The third-order valence-electron chi connectivity index (χ3n) is 4.94. The Bertz CT molecular complexity index is 1310. The molecule has 11 heteroatoms. The minimum Gasteiger partial charge on any atom is -0.336 e. The van der Waals surface area contributed by atoms with Crippen molar-refractivity contribution in [1.29, 1.82) is 0 Å². The van der Waals surface area contributed by atoms with E-state index in [1.165, 1.54) is 18.3 Å². The first-order chi connectivity index (χ1) is 15.0. The van der Waals surface area contributed by atoms with Gasteiger partial charge < -0.3 is 4.57 Å². The molecule has 2 aromatic heterocycles. The van der Waals surface area contributed by atoms with Gasteiger partial charge in [0.05, 0.1) is 35.9 Å². The smallest absolute Gasteiger partial charge is 0.336 e. The number of para-hydroxylation sites is 1. The number of imidazole rings is 1. The Morgan fingerprint density at radius 1 is 1.03 bits per heavy atom. The summed E-state index contributed by atoms with van der Waals surface area (Å²) in [6.45, 7) is -0.132. The molecule has 5 rings (SSSR count). The van der Waals surface area contributed by atoms with E-state index in [4.69, 9.17) is 4.84 Å². The maximum atomic E-state index is 13.2. The number of nitrogens with zero attached hydrogens (tertiary/aromatic N) is 7. The van der Waals surface area contributed by atoms with E-state index in [0.29, 0.717) is 16.7 Å². The zero-order valence-corrected chi connectivity index (χ0v) is 16.2. The fraction of sp³-hybridized carbons (Fsp3) is 0.100. The Kier molecular flexibility index (Phi) is 4.21. The predicted molar refractivity (Wildman–Crippen MR) is 105 cm³/mol. The van der Waals surface area contributed by atoms with Gasteiger partial charge in [-0.15, -0.1) is 5.10 Å². The van der Waals surface area contributed by atoms with Gasteiger partial charge in [-0.25, -0.2) is 14.8 Å². The number of hydrogen-bond donors (Lipinski definition) is 0. The van der Waals surface area contributed by atoms with Gasteiger partial charge in [-0.1, -0.05) is 29.1 Å². The fourth-order valence-electron chi connectivity index (χ4n) is 3.34. The number of carbonyl (C=O) groups excluding carboxylic acids is 3. The van der Waals surface area contributed by atoms with Crippen LogP contribution in [-0.4, -0.2) is 52.6 Å². The van der Waals surface area contributed by atoms with Crippen LogP contribution in [0.15, 0.2) is 61.1 Å². The third kappa shape index (κ3) is 2.99. The second kappa shape index (κ2) is 7.06. The van der Waals surface area contributed by atoms with Crippen molar-refractivity contribution in [2.75, 3.05) is 0 Å². The van der Waals surface area contributed by atoms with Crippen LogP contribution in [0.3, 0.4) is 0 Å². The first kappa shape index (κ1) is 18.5. The predicted octanol–water partition coefficient (Wildman–Crippen LogP) is 1.43. The topological polar surface area (TPSA) is 115 Å². The standard InChI is InChI=1S/C20H15N7O4/c1-24-12-21-10-13(24)11-25(26-18(28)14-6-2-3-7-15(14)19(26)29)20(30)31-27-17-9-5-4-8-16(17)22-23-27/h2-10,12H,11H2,1H3. The van der Waals surface area contributed by atoms with Crippen LogP contribution in [0.25, 0.3) is 11.0 Å². The Morgan fingerprint density at radius 3 is 2.39 bits per heavy atom. The number of amides is 3. The maximum Gasteiger partial charge on any atom is 0.455 e. The molecule has 1 aliphatic heterocycles. The van der Waals surface area contributed by atoms with E-state index in [1.54, 1.807) is 54.3 Å². The monoisotopic (exact) mass is 417 g/mol. The maximum absolute atomic E-state index is 13.2. The van der Waals surface area contributed by atoms with Crippen LogP contribution in [0, 0.1) is 0 Å². The normalized spacial score (nSPS) is 13.0. The van der Waals surface area contributed by atoms with Gasteiger partial charge in [-0.3, -0.25) is 14.4 Å². The highest BCUT2D eigenvalue weighted by Crippen LogP contribution is 2.25. The SMILES string of the molecule is Cn1cncc1CN(C(=O)On1nnc2ccccc21)N1C(=O)c2ccccc2C1=O. The Balaban J connectivity index is 1.52. The van der Waals surface area contributed by atoms with Gasteiger partial charge in [-0.2, -0.15) is 5.01 Å². The molecule has 154 valence electrons. The molecule has 0 fully saturated rings. The summed E-state index contributed by atoms with van der Waals surface area (Å²) in [4.78, 5) is 49.5. The zero-order valence-electron chi connectivity index (χ0n) is 16.2. The summed E-state index contributed by atoms with van der Waals surface area (Å²) in [7, 11) is 1.74. The number of benzene rings is 2. The minimum absolute atomic E-state index is 0.132. The van der Waals surface area contributed by atoms with E-state index < -0.39 is 17.9 Å². The van der Waals surface area contributed by atoms with Crippen molar-refractivity contribution in [3.05, 3.63) is 77.9 Å². The fourth-order valence-corrected chi connectivity index (χ4v) is 3.34. The molecule has 4 aromatic rings. The summed E-state index contributed by atoms with van der Waals surface area (Å²) in [6, 6.07) is 13.3. The van der Waals surface area contributed by atoms with E-state index in [0.717, 1.165) is 14.9 Å². The molecule has 31 heavy (non-hydrogen) atoms. The Labute approximate surface area is 175 Å². The lowest BCUT2D eigenvalue weighted by atomic mass is 10.1. The van der Waals surface area contributed by atoms with E-state index in [-0.39, 0.29) is 17.7 Å². The second-order valence-electron chi connectivity index (χ2n) is 6.83. The van der Waals surface area contributed by atoms with Crippen LogP contribution in [0.2, 0.25) is 0 Å². The summed E-state index contributed by atoms with van der Waals surface area (Å²) in [6.07, 6.45) is 2.10. The van der Waals surface area contributed by atoms with Crippen LogP contribution < -0.4 is 4.84 Å². The van der Waals surface area contributed by atoms with Gasteiger partial charge >= 0.3 is 6.09 Å². The molecule has 3 heterocycles. The van der Waals surface area contributed by atoms with Crippen LogP contribution in [0.5, 0.6) is 0 Å². The lowest BCUT2D eigenvalue weighted by Crippen LogP contribution is -2.51. The lowest BCUT2D eigenvalue weighted by Gasteiger charge is -2.28. The number of fused-ring (bicyclic) bond motifs is 2. The summed E-state index contributed by atoms with van der Waals surface area (Å²) in [5.74, 6) is -1.24. The van der Waals surface area contributed by atoms with Crippen molar-refractivity contribution < 1.29 is 19.2 Å². The summed E-state index contributed by atoms with van der Waals surface area (Å²) >= 11 is 0. The summed E-state index contributed by atoms with van der Waals surface area (Å²) in [5.41, 5.74) is 1.98. The molecule has 2 aromatic carbocycles. The van der Waals surface area contributed by atoms with Gasteiger partial charge in [0.1, 0.15) is 11.0 Å². The van der Waals surface area contributed by atoms with E-state index in [2.05, 4.69) is 15.3 Å². The van der Waals surface area contributed by atoms with Crippen LogP contribution >= 0.6 is 0 Å². The summed E-state index contributed by atoms with van der Waals surface area (Å²) in [5, 5.41) is 9.47. The van der Waals surface area contributed by atoms with Crippen LogP contribution in [0.1, 0.15) is 26.4 Å². The van der Waals surface area contributed by atoms with Crippen molar-refractivity contribution in [1.82, 2.24) is 34.7 Å². The summed E-state index contributed by atoms with van der Waals surface area (Å²) < 4.78 is 1.67. The van der Waals surface area contributed by atoms with Gasteiger partial charge in [0, 0.05) is 7.05 Å². The molecular formula is C20H15N7O4. The second-order valence-corrected chi connectivity index (χ2v) is 6.83. The molecule has 0 N–H and O–H groups in total. The average Bonchev–Trinajstić information content (AvgIpc) is 3.45. The molecule has 0 bridgehead atoms. The Hall–Kier alpha value is -4.54. The highest BCUT2D eigenvalue weighted by atomic mass is 16.7. The molecule has 0 radical (unpaired) electrons. The minimum atomic E-state index is -0.980. The van der Waals surface area contributed by atoms with Crippen molar-refractivity contribution in [3.63, 3.8) is 0 Å². The molecule has 11 nitrogen and oxygen atoms in total. The van der Waals surface area contributed by atoms with Gasteiger partial charge in [0.15, 0.2) is 0 Å². The molecule has 0 saturated heterocycles. The van der Waals surface area contributed by atoms with Crippen molar-refractivity contribution in [2.45, 2.75) is 6.54 Å². The number of imide groups is 1. The van der Waals surface area contributed by atoms with E-state index in [9.17, 15) is 14.4 Å². The van der Waals surface area contributed by atoms with Gasteiger partial charge in [0.25, 0.3) is 11.8 Å². The Morgan fingerprint density at radius 2 is 1.71 bits per heavy atom. The highest BCUT2D eigenvalue weighted by Gasteiger charge is 2.42. The molecule has 0 atom stereocenters. The first-order valence-electron chi connectivity index (χ1n) is 9.28. The lowest BCUT2D eigenvalue weighted by molar-refractivity contribution is -0.0113. The van der Waals surface area contributed by atoms with Gasteiger partial charge in [0.2, 0.25) is 0 Å².